The van der Waals surface area contributed by atoms with Crippen LogP contribution in [0.5, 0.6) is 5.75 Å². The number of halogens is 1. The largest absolute Gasteiger partial charge is 0.492 e. The first kappa shape index (κ1) is 32.0. The van der Waals surface area contributed by atoms with E-state index in [4.69, 9.17) is 4.74 Å². The van der Waals surface area contributed by atoms with Crippen molar-refractivity contribution < 1.29 is 27.1 Å². The highest BCUT2D eigenvalue weighted by Crippen LogP contribution is 2.33. The average molecular weight is 610 g/mol. The molecular weight excluding hydrogens is 569 g/mol. The number of anilines is 1. The van der Waals surface area contributed by atoms with Crippen LogP contribution in [0.3, 0.4) is 0 Å². The summed E-state index contributed by atoms with van der Waals surface area (Å²) in [7, 11) is -4.22. The SMILES string of the molecule is CCOc1ccccc1N(CC(=O)N(Cc1ccc(F)cc1)C(CC)C(=O)NC1CCCCC1)S(=O)(=O)c1ccccc1. The van der Waals surface area contributed by atoms with Crippen molar-refractivity contribution in [2.24, 2.45) is 0 Å². The fourth-order valence-corrected chi connectivity index (χ4v) is 6.87. The molecule has 10 heteroatoms. The minimum Gasteiger partial charge on any atom is -0.492 e. The molecule has 0 saturated heterocycles. The van der Waals surface area contributed by atoms with Crippen molar-refractivity contribution in [2.75, 3.05) is 17.5 Å². The van der Waals surface area contributed by atoms with Gasteiger partial charge in [-0.2, -0.15) is 0 Å². The van der Waals surface area contributed by atoms with Crippen LogP contribution in [0.1, 0.15) is 57.9 Å². The summed E-state index contributed by atoms with van der Waals surface area (Å²) < 4.78 is 48.6. The third-order valence-corrected chi connectivity index (χ3v) is 9.42. The van der Waals surface area contributed by atoms with E-state index in [1.54, 1.807) is 61.5 Å². The number of sulfonamides is 1. The van der Waals surface area contributed by atoms with Crippen molar-refractivity contribution in [3.05, 3.63) is 90.2 Å². The maximum Gasteiger partial charge on any atom is 0.264 e. The highest BCUT2D eigenvalue weighted by Gasteiger charge is 2.35. The molecule has 1 aliphatic carbocycles. The summed E-state index contributed by atoms with van der Waals surface area (Å²) in [4.78, 5) is 29.3. The fraction of sp³-hybridized carbons (Fsp3) is 0.394. The average Bonchev–Trinajstić information content (AvgIpc) is 3.02. The number of ether oxygens (including phenoxy) is 1. The van der Waals surface area contributed by atoms with Gasteiger partial charge in [0.15, 0.2) is 0 Å². The summed E-state index contributed by atoms with van der Waals surface area (Å²) in [5.41, 5.74) is 0.828. The molecule has 1 atom stereocenters. The molecule has 43 heavy (non-hydrogen) atoms. The van der Waals surface area contributed by atoms with Gasteiger partial charge in [-0.25, -0.2) is 12.8 Å². The van der Waals surface area contributed by atoms with E-state index in [9.17, 15) is 22.4 Å². The molecule has 2 amide bonds. The van der Waals surface area contributed by atoms with Gasteiger partial charge in [-0.1, -0.05) is 68.7 Å². The van der Waals surface area contributed by atoms with Gasteiger partial charge in [0, 0.05) is 12.6 Å². The quantitative estimate of drug-likeness (QED) is 0.269. The molecular formula is C33H40FN3O5S. The van der Waals surface area contributed by atoms with Gasteiger partial charge in [0.2, 0.25) is 11.8 Å². The molecule has 1 aliphatic rings. The normalized spacial score (nSPS) is 14.5. The second-order valence-corrected chi connectivity index (χ2v) is 12.5. The molecule has 3 aromatic carbocycles. The summed E-state index contributed by atoms with van der Waals surface area (Å²) in [6.45, 7) is 3.33. The monoisotopic (exact) mass is 609 g/mol. The Hall–Kier alpha value is -3.92. The third kappa shape index (κ3) is 8.13. The Labute approximate surface area is 253 Å². The molecule has 0 radical (unpaired) electrons. The van der Waals surface area contributed by atoms with E-state index in [1.165, 1.54) is 29.2 Å². The van der Waals surface area contributed by atoms with E-state index in [1.807, 2.05) is 6.92 Å². The van der Waals surface area contributed by atoms with E-state index in [-0.39, 0.29) is 29.1 Å². The minimum atomic E-state index is -4.22. The molecule has 230 valence electrons. The standard InChI is InChI=1S/C33H40FN3O5S/c1-3-29(33(39)35-27-13-7-5-8-14-27)36(23-25-19-21-26(34)22-20-25)32(38)24-37(30-17-11-12-18-31(30)42-4-2)43(40,41)28-15-9-6-10-16-28/h6,9-12,15-22,27,29H,3-5,7-8,13-14,23-24H2,1-2H3,(H,35,39). The molecule has 8 nitrogen and oxygen atoms in total. The maximum atomic E-state index is 14.3. The van der Waals surface area contributed by atoms with E-state index >= 15 is 0 Å². The maximum absolute atomic E-state index is 14.3. The van der Waals surface area contributed by atoms with Crippen molar-refractivity contribution in [1.82, 2.24) is 10.2 Å². The molecule has 0 heterocycles. The second-order valence-electron chi connectivity index (χ2n) is 10.6. The van der Waals surface area contributed by atoms with Crippen LogP contribution in [0.15, 0.2) is 83.8 Å². The van der Waals surface area contributed by atoms with E-state index in [2.05, 4.69) is 5.32 Å². The summed E-state index contributed by atoms with van der Waals surface area (Å²) in [6.07, 6.45) is 5.27. The Balaban J connectivity index is 1.73. The fourth-order valence-electron chi connectivity index (χ4n) is 5.42. The Kier molecular flexibility index (Phi) is 11.2. The van der Waals surface area contributed by atoms with Crippen LogP contribution in [0.25, 0.3) is 0 Å². The van der Waals surface area contributed by atoms with E-state index in [0.717, 1.165) is 36.4 Å². The number of hydrogen-bond acceptors (Lipinski definition) is 5. The molecule has 1 N–H and O–H groups in total. The molecule has 0 bridgehead atoms. The number of para-hydroxylation sites is 2. The highest BCUT2D eigenvalue weighted by molar-refractivity contribution is 7.92. The number of carbonyl (C=O) groups is 2. The second kappa shape index (κ2) is 15.0. The predicted octanol–water partition coefficient (Wildman–Crippen LogP) is 5.68. The number of rotatable bonds is 13. The topological polar surface area (TPSA) is 96.0 Å². The van der Waals surface area contributed by atoms with Crippen LogP contribution in [-0.2, 0) is 26.2 Å². The van der Waals surface area contributed by atoms with Crippen LogP contribution in [0.2, 0.25) is 0 Å². The van der Waals surface area contributed by atoms with Gasteiger partial charge in [0.05, 0.1) is 17.2 Å². The van der Waals surface area contributed by atoms with Gasteiger partial charge >= 0.3 is 0 Å². The summed E-state index contributed by atoms with van der Waals surface area (Å²) >= 11 is 0. The molecule has 3 aromatic rings. The number of benzene rings is 3. The van der Waals surface area contributed by atoms with Crippen LogP contribution in [-0.4, -0.2) is 50.4 Å². The van der Waals surface area contributed by atoms with Gasteiger partial charge in [-0.15, -0.1) is 0 Å². The van der Waals surface area contributed by atoms with Gasteiger partial charge < -0.3 is 15.0 Å². The third-order valence-electron chi connectivity index (χ3n) is 7.65. The number of nitrogens with one attached hydrogen (secondary N) is 1. The van der Waals surface area contributed by atoms with E-state index < -0.39 is 34.3 Å². The first-order valence-corrected chi connectivity index (χ1v) is 16.3. The Morgan fingerprint density at radius 1 is 0.930 bits per heavy atom. The smallest absolute Gasteiger partial charge is 0.264 e. The lowest BCUT2D eigenvalue weighted by Gasteiger charge is -2.34. The molecule has 0 aromatic heterocycles. The minimum absolute atomic E-state index is 0.00202. The molecule has 0 aliphatic heterocycles. The van der Waals surface area contributed by atoms with Crippen LogP contribution in [0.4, 0.5) is 10.1 Å². The predicted molar refractivity (Wildman–Crippen MR) is 165 cm³/mol. The number of hydrogen-bond donors (Lipinski definition) is 1. The van der Waals surface area contributed by atoms with Crippen molar-refractivity contribution >= 4 is 27.5 Å². The van der Waals surface area contributed by atoms with Crippen LogP contribution >= 0.6 is 0 Å². The first-order valence-electron chi connectivity index (χ1n) is 14.9. The number of carbonyl (C=O) groups excluding carboxylic acids is 2. The van der Waals surface area contributed by atoms with Crippen molar-refractivity contribution in [1.29, 1.82) is 0 Å². The Morgan fingerprint density at radius 3 is 2.23 bits per heavy atom. The molecule has 1 saturated carbocycles. The first-order chi connectivity index (χ1) is 20.7. The molecule has 1 unspecified atom stereocenters. The Morgan fingerprint density at radius 2 is 1.58 bits per heavy atom. The lowest BCUT2D eigenvalue weighted by Crippen LogP contribution is -2.54. The van der Waals surface area contributed by atoms with Crippen molar-refractivity contribution in [2.45, 2.75) is 75.9 Å². The van der Waals surface area contributed by atoms with Crippen molar-refractivity contribution in [3.63, 3.8) is 0 Å². The van der Waals surface area contributed by atoms with Gasteiger partial charge in [-0.3, -0.25) is 13.9 Å². The lowest BCUT2D eigenvalue weighted by molar-refractivity contribution is -0.140. The number of amides is 2. The molecule has 4 rings (SSSR count). The summed E-state index contributed by atoms with van der Waals surface area (Å²) in [6, 6.07) is 19.4. The zero-order chi connectivity index (χ0) is 30.8. The Bertz CT molecular complexity index is 1460. The number of nitrogens with zero attached hydrogens (tertiary/aromatic N) is 2. The summed E-state index contributed by atoms with van der Waals surface area (Å²) in [5.74, 6) is -0.960. The van der Waals surface area contributed by atoms with Crippen LogP contribution in [0, 0.1) is 5.82 Å². The lowest BCUT2D eigenvalue weighted by atomic mass is 9.95. The zero-order valence-electron chi connectivity index (χ0n) is 24.7. The molecule has 1 fully saturated rings. The molecule has 0 spiro atoms. The van der Waals surface area contributed by atoms with Crippen LogP contribution < -0.4 is 14.4 Å². The zero-order valence-corrected chi connectivity index (χ0v) is 25.6. The van der Waals surface area contributed by atoms with Gasteiger partial charge in [0.25, 0.3) is 10.0 Å². The summed E-state index contributed by atoms with van der Waals surface area (Å²) in [5, 5.41) is 3.12. The van der Waals surface area contributed by atoms with Gasteiger partial charge in [0.1, 0.15) is 24.2 Å². The van der Waals surface area contributed by atoms with E-state index in [0.29, 0.717) is 24.3 Å². The van der Waals surface area contributed by atoms with Crippen molar-refractivity contribution in [3.8, 4) is 5.75 Å². The van der Waals surface area contributed by atoms with Gasteiger partial charge in [-0.05, 0) is 68.1 Å². The highest BCUT2D eigenvalue weighted by atomic mass is 32.2.